The summed E-state index contributed by atoms with van der Waals surface area (Å²) in [6.07, 6.45) is 8.39. The molecule has 1 heterocycles. The van der Waals surface area contributed by atoms with Crippen LogP contribution in [0.25, 0.3) is 11.0 Å². The van der Waals surface area contributed by atoms with E-state index in [-0.39, 0.29) is 17.0 Å². The summed E-state index contributed by atoms with van der Waals surface area (Å²) in [6, 6.07) is 11.9. The summed E-state index contributed by atoms with van der Waals surface area (Å²) in [5.41, 5.74) is 2.52. The van der Waals surface area contributed by atoms with Crippen molar-refractivity contribution in [1.82, 2.24) is 4.90 Å². The molecular formula is C31H41NO4. The molecule has 0 amide bonds. The van der Waals surface area contributed by atoms with Gasteiger partial charge in [-0.3, -0.25) is 9.59 Å². The van der Waals surface area contributed by atoms with Crippen molar-refractivity contribution in [2.75, 3.05) is 26.2 Å². The van der Waals surface area contributed by atoms with Crippen LogP contribution in [0.3, 0.4) is 0 Å². The molecule has 0 spiro atoms. The van der Waals surface area contributed by atoms with Crippen LogP contribution in [0.5, 0.6) is 5.75 Å². The predicted molar refractivity (Wildman–Crippen MR) is 147 cm³/mol. The molecule has 2 aromatic carbocycles. The van der Waals surface area contributed by atoms with Crippen LogP contribution in [0.2, 0.25) is 0 Å². The van der Waals surface area contributed by atoms with Crippen molar-refractivity contribution in [2.24, 2.45) is 0 Å². The molecule has 3 rings (SSSR count). The van der Waals surface area contributed by atoms with Crippen molar-refractivity contribution in [3.63, 3.8) is 0 Å². The zero-order chi connectivity index (χ0) is 25.9. The van der Waals surface area contributed by atoms with Gasteiger partial charge in [0.1, 0.15) is 11.3 Å². The van der Waals surface area contributed by atoms with Crippen molar-refractivity contribution in [1.29, 1.82) is 0 Å². The summed E-state index contributed by atoms with van der Waals surface area (Å²) in [7, 11) is 0. The fourth-order valence-corrected chi connectivity index (χ4v) is 4.55. The number of ether oxygens (including phenoxy) is 1. The van der Waals surface area contributed by atoms with E-state index in [2.05, 4.69) is 18.7 Å². The second-order valence-corrected chi connectivity index (χ2v) is 9.70. The summed E-state index contributed by atoms with van der Waals surface area (Å²) in [5, 5.41) is 0.472. The number of carbonyl (C=O) groups excluding carboxylic acids is 1. The van der Waals surface area contributed by atoms with E-state index in [4.69, 9.17) is 9.15 Å². The number of hydrogen-bond acceptors (Lipinski definition) is 5. The largest absolute Gasteiger partial charge is 0.493 e. The number of fused-ring (bicyclic) bond motifs is 1. The smallest absolute Gasteiger partial charge is 0.228 e. The maximum Gasteiger partial charge on any atom is 0.228 e. The number of benzene rings is 2. The molecule has 0 fully saturated rings. The van der Waals surface area contributed by atoms with E-state index in [1.54, 1.807) is 24.3 Å². The Kier molecular flexibility index (Phi) is 10.7. The maximum atomic E-state index is 13.1. The standard InChI is InChI=1S/C31H41NO4/c1-5-7-16-32(17-8-6-2)18-12-9-13-19-35-31-23(3)20-25(21-24(31)4)30(34)29-22-27(33)26-14-10-11-15-28(26)36-29/h10-11,14-15,20-22H,5-9,12-13,16-19H2,1-4H3. The van der Waals surface area contributed by atoms with Crippen molar-refractivity contribution >= 4 is 16.8 Å². The minimum Gasteiger partial charge on any atom is -0.493 e. The first-order valence-electron chi connectivity index (χ1n) is 13.5. The van der Waals surface area contributed by atoms with Gasteiger partial charge in [0.05, 0.1) is 12.0 Å². The highest BCUT2D eigenvalue weighted by Crippen LogP contribution is 2.27. The van der Waals surface area contributed by atoms with Crippen LogP contribution in [-0.2, 0) is 0 Å². The molecule has 3 aromatic rings. The molecule has 0 aliphatic carbocycles. The molecule has 0 saturated heterocycles. The molecule has 36 heavy (non-hydrogen) atoms. The number of unbranched alkanes of at least 4 members (excludes halogenated alkanes) is 4. The highest BCUT2D eigenvalue weighted by molar-refractivity contribution is 6.08. The molecule has 0 bridgehead atoms. The normalized spacial score (nSPS) is 11.4. The van der Waals surface area contributed by atoms with E-state index in [9.17, 15) is 9.59 Å². The van der Waals surface area contributed by atoms with Gasteiger partial charge in [-0.15, -0.1) is 0 Å². The average molecular weight is 492 g/mol. The van der Waals surface area contributed by atoms with E-state index in [0.717, 1.165) is 29.7 Å². The molecule has 0 aliphatic heterocycles. The highest BCUT2D eigenvalue weighted by Gasteiger charge is 2.17. The number of ketones is 1. The molecule has 194 valence electrons. The Hall–Kier alpha value is -2.92. The van der Waals surface area contributed by atoms with Crippen molar-refractivity contribution in [3.05, 3.63) is 75.1 Å². The maximum absolute atomic E-state index is 13.1. The number of hydrogen-bond donors (Lipinski definition) is 0. The molecule has 0 atom stereocenters. The van der Waals surface area contributed by atoms with Crippen LogP contribution in [0.15, 0.2) is 51.7 Å². The Bertz CT molecular complexity index is 1170. The zero-order valence-electron chi connectivity index (χ0n) is 22.4. The average Bonchev–Trinajstić information content (AvgIpc) is 2.87. The number of para-hydroxylation sites is 1. The van der Waals surface area contributed by atoms with E-state index >= 15 is 0 Å². The van der Waals surface area contributed by atoms with Crippen molar-refractivity contribution in [2.45, 2.75) is 72.6 Å². The monoisotopic (exact) mass is 491 g/mol. The lowest BCUT2D eigenvalue weighted by Gasteiger charge is -2.21. The minimum atomic E-state index is -0.300. The zero-order valence-corrected chi connectivity index (χ0v) is 22.4. The molecule has 0 saturated carbocycles. The highest BCUT2D eigenvalue weighted by atomic mass is 16.5. The summed E-state index contributed by atoms with van der Waals surface area (Å²) < 4.78 is 11.9. The molecule has 0 aliphatic rings. The lowest BCUT2D eigenvalue weighted by Crippen LogP contribution is -2.27. The van der Waals surface area contributed by atoms with E-state index in [0.29, 0.717) is 23.1 Å². The van der Waals surface area contributed by atoms with Gasteiger partial charge in [0.25, 0.3) is 0 Å². The van der Waals surface area contributed by atoms with Gasteiger partial charge in [0.15, 0.2) is 11.2 Å². The third-order valence-electron chi connectivity index (χ3n) is 6.60. The van der Waals surface area contributed by atoms with Gasteiger partial charge < -0.3 is 14.1 Å². The van der Waals surface area contributed by atoms with Crippen molar-refractivity contribution < 1.29 is 13.9 Å². The Morgan fingerprint density at radius 2 is 1.50 bits per heavy atom. The fourth-order valence-electron chi connectivity index (χ4n) is 4.55. The first kappa shape index (κ1) is 27.7. The van der Waals surface area contributed by atoms with Crippen molar-refractivity contribution in [3.8, 4) is 5.75 Å². The first-order chi connectivity index (χ1) is 17.4. The molecular weight excluding hydrogens is 450 g/mol. The molecule has 0 unspecified atom stereocenters. The van der Waals surface area contributed by atoms with E-state index in [1.165, 1.54) is 57.8 Å². The summed E-state index contributed by atoms with van der Waals surface area (Å²) in [4.78, 5) is 28.1. The number of nitrogens with zero attached hydrogens (tertiary/aromatic N) is 1. The molecule has 0 radical (unpaired) electrons. The number of aryl methyl sites for hydroxylation is 2. The molecule has 0 N–H and O–H groups in total. The van der Waals surface area contributed by atoms with Crippen LogP contribution in [-0.4, -0.2) is 36.9 Å². The first-order valence-corrected chi connectivity index (χ1v) is 13.5. The summed E-state index contributed by atoms with van der Waals surface area (Å²) in [6.45, 7) is 12.7. The van der Waals surface area contributed by atoms with Gasteiger partial charge in [-0.25, -0.2) is 0 Å². The van der Waals surface area contributed by atoms with Gasteiger partial charge in [0.2, 0.25) is 5.78 Å². The van der Waals surface area contributed by atoms with Gasteiger partial charge in [-0.2, -0.15) is 0 Å². The fraction of sp³-hybridized carbons (Fsp3) is 0.484. The SMILES string of the molecule is CCCCN(CCCC)CCCCCOc1c(C)cc(C(=O)c2cc(=O)c3ccccc3o2)cc1C. The Morgan fingerprint density at radius 1 is 0.861 bits per heavy atom. The van der Waals surface area contributed by atoms with Gasteiger partial charge in [-0.05, 0) is 101 Å². The summed E-state index contributed by atoms with van der Waals surface area (Å²) in [5.74, 6) is 0.587. The van der Waals surface area contributed by atoms with Gasteiger partial charge in [0, 0.05) is 11.6 Å². The molecule has 5 heteroatoms. The van der Waals surface area contributed by atoms with Crippen LogP contribution in [0.1, 0.15) is 86.0 Å². The van der Waals surface area contributed by atoms with E-state index < -0.39 is 0 Å². The second-order valence-electron chi connectivity index (χ2n) is 9.70. The number of carbonyl (C=O) groups is 1. The van der Waals surface area contributed by atoms with Crippen LogP contribution in [0.4, 0.5) is 0 Å². The number of rotatable bonds is 15. The molecule has 1 aromatic heterocycles. The Morgan fingerprint density at radius 3 is 2.17 bits per heavy atom. The van der Waals surface area contributed by atoms with Gasteiger partial charge in [-0.1, -0.05) is 38.8 Å². The minimum absolute atomic E-state index is 0.0538. The predicted octanol–water partition coefficient (Wildman–Crippen LogP) is 7.09. The topological polar surface area (TPSA) is 59.8 Å². The third kappa shape index (κ3) is 7.54. The quantitative estimate of drug-likeness (QED) is 0.168. The van der Waals surface area contributed by atoms with Crippen LogP contribution in [0, 0.1) is 13.8 Å². The molecule has 5 nitrogen and oxygen atoms in total. The lowest BCUT2D eigenvalue weighted by atomic mass is 10.0. The van der Waals surface area contributed by atoms with Crippen LogP contribution < -0.4 is 10.2 Å². The second kappa shape index (κ2) is 14.0. The lowest BCUT2D eigenvalue weighted by molar-refractivity contribution is 0.101. The van der Waals surface area contributed by atoms with Gasteiger partial charge >= 0.3 is 0 Å². The summed E-state index contributed by atoms with van der Waals surface area (Å²) >= 11 is 0. The van der Waals surface area contributed by atoms with Crippen LogP contribution >= 0.6 is 0 Å². The third-order valence-corrected chi connectivity index (χ3v) is 6.60. The Balaban J connectivity index is 1.55. The Labute approximate surface area is 215 Å². The van der Waals surface area contributed by atoms with E-state index in [1.807, 2.05) is 26.0 Å².